The van der Waals surface area contributed by atoms with Crippen molar-refractivity contribution >= 4 is 5.91 Å². The van der Waals surface area contributed by atoms with Gasteiger partial charge in [0, 0.05) is 13.0 Å². The van der Waals surface area contributed by atoms with Crippen molar-refractivity contribution in [1.29, 1.82) is 0 Å². The van der Waals surface area contributed by atoms with Crippen LogP contribution in [0.25, 0.3) is 0 Å². The molecule has 3 heterocycles. The summed E-state index contributed by atoms with van der Waals surface area (Å²) in [6.07, 6.45) is 4.94. The molecule has 1 aromatic carbocycles. The second-order valence-corrected chi connectivity index (χ2v) is 6.84. The number of amides is 1. The lowest BCUT2D eigenvalue weighted by atomic mass is 9.98. The number of hydrogen-bond acceptors (Lipinski definition) is 6. The van der Waals surface area contributed by atoms with Gasteiger partial charge in [0.25, 0.3) is 5.91 Å². The van der Waals surface area contributed by atoms with Crippen LogP contribution in [0.5, 0.6) is 11.8 Å². The zero-order chi connectivity index (χ0) is 18.6. The van der Waals surface area contributed by atoms with Crippen LogP contribution >= 0.6 is 0 Å². The molecule has 7 heteroatoms. The largest absolute Gasteiger partial charge is 0.480 e. The molecule has 7 nitrogen and oxygen atoms in total. The molecule has 1 fully saturated rings. The standard InChI is InChI=1S/C20H23N3O4/c1-25-18-10-21-11-19(22-18)27-16-7-4-8-23(12-16)20(24)17-9-14-5-2-3-6-15(14)13-26-17/h2-3,5-6,10-11,16-17H,4,7-9,12-13H2,1H3/t16-,17+/m1/s1. The molecule has 2 aliphatic heterocycles. The molecule has 1 amide bonds. The number of likely N-dealkylation sites (tertiary alicyclic amines) is 1. The average molecular weight is 369 g/mol. The van der Waals surface area contributed by atoms with E-state index in [9.17, 15) is 4.79 Å². The molecular weight excluding hydrogens is 346 g/mol. The topological polar surface area (TPSA) is 73.8 Å². The van der Waals surface area contributed by atoms with Crippen LogP contribution in [0.4, 0.5) is 0 Å². The van der Waals surface area contributed by atoms with Crippen molar-refractivity contribution in [2.45, 2.75) is 38.1 Å². The van der Waals surface area contributed by atoms with Gasteiger partial charge in [0.2, 0.25) is 11.8 Å². The van der Waals surface area contributed by atoms with Gasteiger partial charge in [-0.15, -0.1) is 0 Å². The van der Waals surface area contributed by atoms with E-state index >= 15 is 0 Å². The SMILES string of the molecule is COc1cncc(O[C@@H]2CCCN(C(=O)[C@@H]3Cc4ccccc4CO3)C2)n1. The van der Waals surface area contributed by atoms with E-state index in [0.29, 0.717) is 31.3 Å². The number of hydrogen-bond donors (Lipinski definition) is 0. The maximum absolute atomic E-state index is 13.0. The summed E-state index contributed by atoms with van der Waals surface area (Å²) in [4.78, 5) is 23.1. The summed E-state index contributed by atoms with van der Waals surface area (Å²) in [5, 5.41) is 0. The summed E-state index contributed by atoms with van der Waals surface area (Å²) in [6.45, 7) is 1.74. The number of fused-ring (bicyclic) bond motifs is 1. The minimum Gasteiger partial charge on any atom is -0.480 e. The Morgan fingerprint density at radius 3 is 2.89 bits per heavy atom. The van der Waals surface area contributed by atoms with Gasteiger partial charge >= 0.3 is 0 Å². The highest BCUT2D eigenvalue weighted by Crippen LogP contribution is 2.24. The fourth-order valence-corrected chi connectivity index (χ4v) is 3.60. The van der Waals surface area contributed by atoms with Crippen LogP contribution in [0.15, 0.2) is 36.7 Å². The highest BCUT2D eigenvalue weighted by Gasteiger charge is 2.32. The first-order valence-electron chi connectivity index (χ1n) is 9.23. The molecule has 2 aliphatic rings. The molecule has 0 spiro atoms. The zero-order valence-corrected chi connectivity index (χ0v) is 15.3. The highest BCUT2D eigenvalue weighted by molar-refractivity contribution is 5.81. The maximum atomic E-state index is 13.0. The Kier molecular flexibility index (Phi) is 5.20. The number of nitrogens with zero attached hydrogens (tertiary/aromatic N) is 3. The van der Waals surface area contributed by atoms with Crippen LogP contribution in [-0.4, -0.2) is 53.2 Å². The number of benzene rings is 1. The smallest absolute Gasteiger partial charge is 0.252 e. The third kappa shape index (κ3) is 4.03. The summed E-state index contributed by atoms with van der Waals surface area (Å²) in [6, 6.07) is 8.13. The van der Waals surface area contributed by atoms with Crippen LogP contribution in [0.1, 0.15) is 24.0 Å². The fraction of sp³-hybridized carbons (Fsp3) is 0.450. The van der Waals surface area contributed by atoms with E-state index in [1.807, 2.05) is 17.0 Å². The van der Waals surface area contributed by atoms with E-state index in [1.54, 1.807) is 6.20 Å². The van der Waals surface area contributed by atoms with Crippen LogP contribution in [0.3, 0.4) is 0 Å². The van der Waals surface area contributed by atoms with Crippen molar-refractivity contribution in [3.05, 3.63) is 47.8 Å². The monoisotopic (exact) mass is 369 g/mol. The quantitative estimate of drug-likeness (QED) is 0.821. The van der Waals surface area contributed by atoms with Crippen molar-refractivity contribution < 1.29 is 19.0 Å². The summed E-state index contributed by atoms with van der Waals surface area (Å²) in [7, 11) is 1.54. The van der Waals surface area contributed by atoms with Gasteiger partial charge in [-0.05, 0) is 24.0 Å². The van der Waals surface area contributed by atoms with E-state index in [-0.39, 0.29) is 12.0 Å². The van der Waals surface area contributed by atoms with Crippen LogP contribution in [-0.2, 0) is 22.6 Å². The lowest BCUT2D eigenvalue weighted by Crippen LogP contribution is -2.49. The molecule has 2 aromatic rings. The van der Waals surface area contributed by atoms with E-state index in [4.69, 9.17) is 14.2 Å². The second kappa shape index (κ2) is 7.92. The van der Waals surface area contributed by atoms with Crippen LogP contribution in [0, 0.1) is 0 Å². The fourth-order valence-electron chi connectivity index (χ4n) is 3.60. The maximum Gasteiger partial charge on any atom is 0.252 e. The molecular formula is C20H23N3O4. The highest BCUT2D eigenvalue weighted by atomic mass is 16.5. The predicted molar refractivity (Wildman–Crippen MR) is 97.5 cm³/mol. The Bertz CT molecular complexity index is 813. The summed E-state index contributed by atoms with van der Waals surface area (Å²) < 4.78 is 16.8. The molecule has 0 aliphatic carbocycles. The van der Waals surface area contributed by atoms with Gasteiger partial charge in [-0.3, -0.25) is 9.78 Å². The summed E-state index contributed by atoms with van der Waals surface area (Å²) >= 11 is 0. The van der Waals surface area contributed by atoms with E-state index in [0.717, 1.165) is 24.9 Å². The number of carbonyl (C=O) groups excluding carboxylic acids is 1. The molecule has 0 saturated carbocycles. The minimum atomic E-state index is -0.421. The second-order valence-electron chi connectivity index (χ2n) is 6.84. The van der Waals surface area contributed by atoms with Gasteiger partial charge in [0.05, 0.1) is 32.7 Å². The molecule has 0 bridgehead atoms. The van der Waals surface area contributed by atoms with Crippen molar-refractivity contribution in [1.82, 2.24) is 14.9 Å². The molecule has 27 heavy (non-hydrogen) atoms. The molecule has 4 rings (SSSR count). The number of carbonyl (C=O) groups is 1. The molecule has 1 saturated heterocycles. The van der Waals surface area contributed by atoms with Crippen LogP contribution < -0.4 is 9.47 Å². The predicted octanol–water partition coefficient (Wildman–Crippen LogP) is 2.00. The summed E-state index contributed by atoms with van der Waals surface area (Å²) in [5.41, 5.74) is 2.36. The van der Waals surface area contributed by atoms with Crippen molar-refractivity contribution in [3.63, 3.8) is 0 Å². The average Bonchev–Trinajstić information content (AvgIpc) is 2.73. The zero-order valence-electron chi connectivity index (χ0n) is 15.3. The number of ether oxygens (including phenoxy) is 3. The van der Waals surface area contributed by atoms with E-state index in [1.165, 1.54) is 18.9 Å². The third-order valence-corrected chi connectivity index (χ3v) is 5.02. The Balaban J connectivity index is 1.38. The molecule has 1 aromatic heterocycles. The Hall–Kier alpha value is -2.67. The molecule has 2 atom stereocenters. The Morgan fingerprint density at radius 2 is 2.04 bits per heavy atom. The number of piperidine rings is 1. The first-order valence-corrected chi connectivity index (χ1v) is 9.23. The number of methoxy groups -OCH3 is 1. The minimum absolute atomic E-state index is 0.0366. The Labute approximate surface area is 158 Å². The van der Waals surface area contributed by atoms with Gasteiger partial charge in [-0.2, -0.15) is 4.98 Å². The number of aromatic nitrogens is 2. The van der Waals surface area contributed by atoms with E-state index in [2.05, 4.69) is 22.1 Å². The lowest BCUT2D eigenvalue weighted by Gasteiger charge is -2.35. The van der Waals surface area contributed by atoms with Crippen molar-refractivity contribution in [2.75, 3.05) is 20.2 Å². The van der Waals surface area contributed by atoms with Gasteiger partial charge in [0.1, 0.15) is 12.2 Å². The number of rotatable bonds is 4. The first kappa shape index (κ1) is 17.7. The van der Waals surface area contributed by atoms with Crippen molar-refractivity contribution in [3.8, 4) is 11.8 Å². The molecule has 0 N–H and O–H groups in total. The van der Waals surface area contributed by atoms with Crippen LogP contribution in [0.2, 0.25) is 0 Å². The van der Waals surface area contributed by atoms with E-state index < -0.39 is 6.10 Å². The third-order valence-electron chi connectivity index (χ3n) is 5.02. The summed E-state index contributed by atoms with van der Waals surface area (Å²) in [5.74, 6) is 0.858. The molecule has 0 radical (unpaired) electrons. The molecule has 142 valence electrons. The van der Waals surface area contributed by atoms with Gasteiger partial charge < -0.3 is 19.1 Å². The van der Waals surface area contributed by atoms with Gasteiger partial charge in [0.15, 0.2) is 0 Å². The van der Waals surface area contributed by atoms with Gasteiger partial charge in [-0.1, -0.05) is 24.3 Å². The van der Waals surface area contributed by atoms with Gasteiger partial charge in [-0.25, -0.2) is 0 Å². The Morgan fingerprint density at radius 1 is 1.22 bits per heavy atom. The lowest BCUT2D eigenvalue weighted by molar-refractivity contribution is -0.148. The molecule has 0 unspecified atom stereocenters. The van der Waals surface area contributed by atoms with Crippen molar-refractivity contribution in [2.24, 2.45) is 0 Å². The first-order chi connectivity index (χ1) is 13.2. The normalized spacial score (nSPS) is 22.0.